The first-order valence-electron chi connectivity index (χ1n) is 5.40. The van der Waals surface area contributed by atoms with Gasteiger partial charge >= 0.3 is 0 Å². The SMILES string of the molecule is CC1CN(C2CC(=O)NC2=O)CC(C)N1. The maximum Gasteiger partial charge on any atom is 0.244 e. The monoisotopic (exact) mass is 211 g/mol. The van der Waals surface area contributed by atoms with Crippen LogP contribution in [-0.2, 0) is 9.59 Å². The van der Waals surface area contributed by atoms with Gasteiger partial charge in [-0.3, -0.25) is 19.8 Å². The summed E-state index contributed by atoms with van der Waals surface area (Å²) in [5.74, 6) is -0.287. The van der Waals surface area contributed by atoms with E-state index in [1.807, 2.05) is 0 Å². The number of imide groups is 1. The summed E-state index contributed by atoms with van der Waals surface area (Å²) in [6.07, 6.45) is 0.318. The average molecular weight is 211 g/mol. The van der Waals surface area contributed by atoms with Crippen molar-refractivity contribution in [2.75, 3.05) is 13.1 Å². The van der Waals surface area contributed by atoms with Gasteiger partial charge in [-0.15, -0.1) is 0 Å². The summed E-state index contributed by atoms with van der Waals surface area (Å²) in [5.41, 5.74) is 0. The molecular weight excluding hydrogens is 194 g/mol. The Labute approximate surface area is 89.2 Å². The van der Waals surface area contributed by atoms with Crippen molar-refractivity contribution in [3.05, 3.63) is 0 Å². The topological polar surface area (TPSA) is 61.4 Å². The maximum absolute atomic E-state index is 11.5. The smallest absolute Gasteiger partial charge is 0.244 e. The van der Waals surface area contributed by atoms with Gasteiger partial charge < -0.3 is 5.32 Å². The van der Waals surface area contributed by atoms with Crippen molar-refractivity contribution in [3.8, 4) is 0 Å². The highest BCUT2D eigenvalue weighted by Crippen LogP contribution is 2.15. The van der Waals surface area contributed by atoms with E-state index in [2.05, 4.69) is 29.4 Å². The molecule has 0 aliphatic carbocycles. The Bertz CT molecular complexity index is 282. The Kier molecular flexibility index (Phi) is 2.75. The minimum Gasteiger partial charge on any atom is -0.309 e. The van der Waals surface area contributed by atoms with Crippen molar-refractivity contribution in [2.24, 2.45) is 0 Å². The van der Waals surface area contributed by atoms with Gasteiger partial charge in [0.25, 0.3) is 0 Å². The number of hydrogen-bond donors (Lipinski definition) is 2. The molecule has 2 aliphatic heterocycles. The number of carbonyl (C=O) groups excluding carboxylic acids is 2. The van der Waals surface area contributed by atoms with E-state index in [1.54, 1.807) is 0 Å². The van der Waals surface area contributed by atoms with E-state index >= 15 is 0 Å². The Morgan fingerprint density at radius 3 is 2.27 bits per heavy atom. The molecule has 5 heteroatoms. The molecule has 0 aromatic rings. The van der Waals surface area contributed by atoms with Crippen LogP contribution in [0.4, 0.5) is 0 Å². The number of nitrogens with zero attached hydrogens (tertiary/aromatic N) is 1. The fraction of sp³-hybridized carbons (Fsp3) is 0.800. The fourth-order valence-corrected chi connectivity index (χ4v) is 2.46. The minimum absolute atomic E-state index is 0.138. The third-order valence-electron chi connectivity index (χ3n) is 2.97. The predicted molar refractivity (Wildman–Crippen MR) is 55.2 cm³/mol. The summed E-state index contributed by atoms with van der Waals surface area (Å²) in [7, 11) is 0. The van der Waals surface area contributed by atoms with Gasteiger partial charge in [-0.25, -0.2) is 0 Å². The second kappa shape index (κ2) is 3.90. The highest BCUT2D eigenvalue weighted by Gasteiger charge is 2.37. The Morgan fingerprint density at radius 1 is 1.20 bits per heavy atom. The number of piperazine rings is 1. The van der Waals surface area contributed by atoms with E-state index in [1.165, 1.54) is 0 Å². The largest absolute Gasteiger partial charge is 0.309 e. The van der Waals surface area contributed by atoms with E-state index in [4.69, 9.17) is 0 Å². The Hall–Kier alpha value is -0.940. The molecule has 2 saturated heterocycles. The van der Waals surface area contributed by atoms with Crippen molar-refractivity contribution in [1.82, 2.24) is 15.5 Å². The van der Waals surface area contributed by atoms with Crippen LogP contribution in [0.2, 0.25) is 0 Å². The third-order valence-corrected chi connectivity index (χ3v) is 2.97. The third kappa shape index (κ3) is 2.18. The Morgan fingerprint density at radius 2 is 1.80 bits per heavy atom. The summed E-state index contributed by atoms with van der Waals surface area (Å²) >= 11 is 0. The first kappa shape index (κ1) is 10.6. The normalized spacial score (nSPS) is 38.1. The van der Waals surface area contributed by atoms with E-state index in [-0.39, 0.29) is 17.9 Å². The molecule has 0 aromatic heterocycles. The number of nitrogens with one attached hydrogen (secondary N) is 2. The standard InChI is InChI=1S/C10H17N3O2/c1-6-4-13(5-7(2)11-6)8-3-9(14)12-10(8)15/h6-8,11H,3-5H2,1-2H3,(H,12,14,15). The second-order valence-electron chi connectivity index (χ2n) is 4.56. The first-order valence-corrected chi connectivity index (χ1v) is 5.40. The van der Waals surface area contributed by atoms with Gasteiger partial charge in [0, 0.05) is 25.2 Å². The fourth-order valence-electron chi connectivity index (χ4n) is 2.46. The van der Waals surface area contributed by atoms with Gasteiger partial charge in [-0.2, -0.15) is 0 Å². The number of amides is 2. The van der Waals surface area contributed by atoms with Crippen LogP contribution in [0.1, 0.15) is 20.3 Å². The zero-order valence-corrected chi connectivity index (χ0v) is 9.12. The van der Waals surface area contributed by atoms with Gasteiger partial charge in [-0.05, 0) is 13.8 Å². The van der Waals surface area contributed by atoms with E-state index in [0.29, 0.717) is 18.5 Å². The van der Waals surface area contributed by atoms with Gasteiger partial charge in [0.2, 0.25) is 11.8 Å². The van der Waals surface area contributed by atoms with Crippen LogP contribution in [0.25, 0.3) is 0 Å². The minimum atomic E-state index is -0.246. The molecule has 2 N–H and O–H groups in total. The molecular formula is C10H17N3O2. The molecule has 0 spiro atoms. The zero-order chi connectivity index (χ0) is 11.0. The summed E-state index contributed by atoms with van der Waals surface area (Å²) in [5, 5.41) is 5.75. The zero-order valence-electron chi connectivity index (χ0n) is 9.12. The molecule has 3 atom stereocenters. The van der Waals surface area contributed by atoms with Crippen molar-refractivity contribution in [1.29, 1.82) is 0 Å². The lowest BCUT2D eigenvalue weighted by Gasteiger charge is -2.38. The van der Waals surface area contributed by atoms with E-state index < -0.39 is 0 Å². The lowest BCUT2D eigenvalue weighted by Crippen LogP contribution is -2.58. The van der Waals surface area contributed by atoms with E-state index in [9.17, 15) is 9.59 Å². The molecule has 0 radical (unpaired) electrons. The molecule has 2 heterocycles. The molecule has 3 unspecified atom stereocenters. The molecule has 0 aromatic carbocycles. The van der Waals surface area contributed by atoms with Crippen LogP contribution in [0.5, 0.6) is 0 Å². The van der Waals surface area contributed by atoms with Gasteiger partial charge in [0.1, 0.15) is 0 Å². The molecule has 2 aliphatic rings. The summed E-state index contributed by atoms with van der Waals surface area (Å²) < 4.78 is 0. The van der Waals surface area contributed by atoms with Crippen molar-refractivity contribution >= 4 is 11.8 Å². The molecule has 0 saturated carbocycles. The molecule has 15 heavy (non-hydrogen) atoms. The molecule has 2 fully saturated rings. The molecule has 84 valence electrons. The van der Waals surface area contributed by atoms with Crippen molar-refractivity contribution < 1.29 is 9.59 Å². The van der Waals surface area contributed by atoms with Gasteiger partial charge in [-0.1, -0.05) is 0 Å². The van der Waals surface area contributed by atoms with Crippen LogP contribution >= 0.6 is 0 Å². The van der Waals surface area contributed by atoms with Crippen molar-refractivity contribution in [2.45, 2.75) is 38.4 Å². The second-order valence-corrected chi connectivity index (χ2v) is 4.56. The number of rotatable bonds is 1. The van der Waals surface area contributed by atoms with Crippen LogP contribution in [0, 0.1) is 0 Å². The van der Waals surface area contributed by atoms with Crippen LogP contribution in [0.15, 0.2) is 0 Å². The highest BCUT2D eigenvalue weighted by atomic mass is 16.2. The molecule has 5 nitrogen and oxygen atoms in total. The highest BCUT2D eigenvalue weighted by molar-refractivity contribution is 6.05. The quantitative estimate of drug-likeness (QED) is 0.551. The Balaban J connectivity index is 2.03. The number of hydrogen-bond acceptors (Lipinski definition) is 4. The molecule has 2 rings (SSSR count). The molecule has 0 bridgehead atoms. The van der Waals surface area contributed by atoms with Gasteiger partial charge in [0.05, 0.1) is 12.5 Å². The average Bonchev–Trinajstić information content (AvgIpc) is 2.43. The lowest BCUT2D eigenvalue weighted by molar-refractivity contribution is -0.126. The van der Waals surface area contributed by atoms with Crippen LogP contribution in [0.3, 0.4) is 0 Å². The first-order chi connectivity index (χ1) is 7.06. The van der Waals surface area contributed by atoms with Gasteiger partial charge in [0.15, 0.2) is 0 Å². The van der Waals surface area contributed by atoms with Crippen molar-refractivity contribution in [3.63, 3.8) is 0 Å². The summed E-state index contributed by atoms with van der Waals surface area (Å²) in [6, 6.07) is 0.499. The maximum atomic E-state index is 11.5. The van der Waals surface area contributed by atoms with Crippen LogP contribution < -0.4 is 10.6 Å². The number of carbonyl (C=O) groups is 2. The summed E-state index contributed by atoms with van der Waals surface area (Å²) in [4.78, 5) is 24.7. The van der Waals surface area contributed by atoms with Crippen LogP contribution in [-0.4, -0.2) is 47.9 Å². The molecule has 2 amide bonds. The lowest BCUT2D eigenvalue weighted by atomic mass is 10.1. The van der Waals surface area contributed by atoms with E-state index in [0.717, 1.165) is 13.1 Å². The summed E-state index contributed by atoms with van der Waals surface area (Å²) in [6.45, 7) is 5.85. The predicted octanol–water partition coefficient (Wildman–Crippen LogP) is -0.916.